The molecule has 0 aromatic carbocycles. The molecule has 0 amide bonds. The van der Waals surface area contributed by atoms with Crippen molar-refractivity contribution < 1.29 is 28.4 Å². The highest BCUT2D eigenvalue weighted by Gasteiger charge is 2.30. The maximum atomic E-state index is 6.61. The van der Waals surface area contributed by atoms with E-state index < -0.39 is 5.60 Å². The molecule has 0 N–H and O–H groups in total. The summed E-state index contributed by atoms with van der Waals surface area (Å²) in [6, 6.07) is 0. The van der Waals surface area contributed by atoms with Crippen LogP contribution in [0.2, 0.25) is 0 Å². The van der Waals surface area contributed by atoms with Crippen molar-refractivity contribution in [2.75, 3.05) is 33.0 Å². The Hall–Kier alpha value is -0.760. The van der Waals surface area contributed by atoms with E-state index in [1.165, 1.54) is 0 Å². The smallest absolute Gasteiger partial charge is 0.105 e. The van der Waals surface area contributed by atoms with Crippen LogP contribution in [0.15, 0.2) is 25.3 Å². The van der Waals surface area contributed by atoms with Crippen LogP contribution < -0.4 is 0 Å². The van der Waals surface area contributed by atoms with Crippen molar-refractivity contribution in [2.24, 2.45) is 0 Å². The number of ether oxygens (including phenoxy) is 6. The van der Waals surface area contributed by atoms with Gasteiger partial charge in [0.25, 0.3) is 0 Å². The van der Waals surface area contributed by atoms with Crippen molar-refractivity contribution >= 4 is 0 Å². The zero-order valence-corrected chi connectivity index (χ0v) is 27.7. The second-order valence-corrected chi connectivity index (χ2v) is 14.0. The van der Waals surface area contributed by atoms with Gasteiger partial charge in [0.15, 0.2) is 0 Å². The van der Waals surface area contributed by atoms with Crippen molar-refractivity contribution in [3.05, 3.63) is 25.3 Å². The SMILES string of the molecule is C=CCC(C)(C)OCCC(C)(C)OCC(COC(C)(C)CCOC(C)C)OC(C)(C)CCOC(C)(C)CC=C. The van der Waals surface area contributed by atoms with Crippen LogP contribution in [0.4, 0.5) is 0 Å². The Balaban J connectivity index is 5.19. The van der Waals surface area contributed by atoms with Gasteiger partial charge >= 0.3 is 0 Å². The van der Waals surface area contributed by atoms with Gasteiger partial charge in [0.1, 0.15) is 6.10 Å². The van der Waals surface area contributed by atoms with Crippen molar-refractivity contribution in [3.8, 4) is 0 Å². The molecule has 1 atom stereocenters. The first kappa shape index (κ1) is 38.2. The second-order valence-electron chi connectivity index (χ2n) is 14.0. The van der Waals surface area contributed by atoms with Gasteiger partial charge in [-0.3, -0.25) is 0 Å². The standard InChI is InChI=1S/C33H64O6/c1-15-17-29(5,6)35-23-20-32(11,12)38-26-28(25-37-31(9,10)19-22-34-27(3)4)39-33(13,14)21-24-36-30(7,8)18-16-2/h15-16,27-28H,1-2,17-26H2,3-14H3. The van der Waals surface area contributed by atoms with Crippen molar-refractivity contribution in [2.45, 2.75) is 155 Å². The highest BCUT2D eigenvalue weighted by Crippen LogP contribution is 2.25. The first-order valence-corrected chi connectivity index (χ1v) is 14.8. The van der Waals surface area contributed by atoms with Crippen LogP contribution in [0.3, 0.4) is 0 Å². The molecule has 0 bridgehead atoms. The minimum Gasteiger partial charge on any atom is -0.379 e. The van der Waals surface area contributed by atoms with Gasteiger partial charge in [-0.1, -0.05) is 12.2 Å². The molecule has 1 unspecified atom stereocenters. The summed E-state index contributed by atoms with van der Waals surface area (Å²) in [5, 5.41) is 0. The predicted molar refractivity (Wildman–Crippen MR) is 164 cm³/mol. The fourth-order valence-electron chi connectivity index (χ4n) is 3.91. The summed E-state index contributed by atoms with van der Waals surface area (Å²) >= 11 is 0. The van der Waals surface area contributed by atoms with Crippen LogP contribution in [0.1, 0.15) is 115 Å². The Morgan fingerprint density at radius 3 is 1.31 bits per heavy atom. The Labute approximate surface area is 242 Å². The maximum absolute atomic E-state index is 6.61. The molecule has 0 heterocycles. The van der Waals surface area contributed by atoms with Crippen molar-refractivity contribution in [1.82, 2.24) is 0 Å². The molecule has 0 saturated heterocycles. The third-order valence-electron chi connectivity index (χ3n) is 6.63. The summed E-state index contributed by atoms with van der Waals surface area (Å²) in [5.74, 6) is 0. The molecule has 6 heteroatoms. The lowest BCUT2D eigenvalue weighted by Gasteiger charge is -2.36. The quantitative estimate of drug-likeness (QED) is 0.112. The lowest BCUT2D eigenvalue weighted by Crippen LogP contribution is -2.42. The molecule has 0 aliphatic carbocycles. The van der Waals surface area contributed by atoms with Crippen molar-refractivity contribution in [1.29, 1.82) is 0 Å². The summed E-state index contributed by atoms with van der Waals surface area (Å²) in [4.78, 5) is 0. The van der Waals surface area contributed by atoms with E-state index in [1.807, 2.05) is 26.0 Å². The molecule has 0 fully saturated rings. The van der Waals surface area contributed by atoms with Gasteiger partial charge in [-0.25, -0.2) is 0 Å². The van der Waals surface area contributed by atoms with E-state index in [1.54, 1.807) is 0 Å². The monoisotopic (exact) mass is 556 g/mol. The summed E-state index contributed by atoms with van der Waals surface area (Å²) in [7, 11) is 0. The molecule has 0 aliphatic heterocycles. The second kappa shape index (κ2) is 17.3. The van der Waals surface area contributed by atoms with E-state index >= 15 is 0 Å². The Bertz CT molecular complexity index is 678. The Kier molecular flexibility index (Phi) is 16.9. The summed E-state index contributed by atoms with van der Waals surface area (Å²) in [5.41, 5.74) is -1.58. The molecule has 0 spiro atoms. The zero-order chi connectivity index (χ0) is 30.4. The highest BCUT2D eigenvalue weighted by molar-refractivity contribution is 4.83. The van der Waals surface area contributed by atoms with Gasteiger partial charge in [-0.2, -0.15) is 0 Å². The van der Waals surface area contributed by atoms with E-state index in [4.69, 9.17) is 28.4 Å². The average Bonchev–Trinajstić information content (AvgIpc) is 2.74. The molecule has 6 nitrogen and oxygen atoms in total. The van der Waals surface area contributed by atoms with Crippen LogP contribution in [0.5, 0.6) is 0 Å². The lowest BCUT2D eigenvalue weighted by molar-refractivity contribution is -0.177. The van der Waals surface area contributed by atoms with Crippen molar-refractivity contribution in [3.63, 3.8) is 0 Å². The molecule has 0 aromatic rings. The number of rotatable bonds is 24. The molecule has 0 rings (SSSR count). The van der Waals surface area contributed by atoms with Crippen LogP contribution in [-0.4, -0.2) is 73.2 Å². The van der Waals surface area contributed by atoms with Gasteiger partial charge < -0.3 is 28.4 Å². The Morgan fingerprint density at radius 1 is 0.538 bits per heavy atom. The first-order chi connectivity index (χ1) is 17.7. The van der Waals surface area contributed by atoms with E-state index in [0.717, 1.165) is 32.1 Å². The van der Waals surface area contributed by atoms with E-state index in [-0.39, 0.29) is 34.6 Å². The fourth-order valence-corrected chi connectivity index (χ4v) is 3.91. The summed E-state index contributed by atoms with van der Waals surface area (Å²) < 4.78 is 37.3. The number of hydrogen-bond acceptors (Lipinski definition) is 6. The summed E-state index contributed by atoms with van der Waals surface area (Å²) in [6.07, 6.45) is 7.71. The van der Waals surface area contributed by atoms with Gasteiger partial charge in [-0.05, 0) is 115 Å². The normalized spacial score (nSPS) is 14.6. The van der Waals surface area contributed by atoms with Crippen LogP contribution in [0.25, 0.3) is 0 Å². The topological polar surface area (TPSA) is 55.4 Å². The molecule has 232 valence electrons. The van der Waals surface area contributed by atoms with Crippen LogP contribution in [0, 0.1) is 0 Å². The largest absolute Gasteiger partial charge is 0.379 e. The molecule has 0 aromatic heterocycles. The van der Waals surface area contributed by atoms with Gasteiger partial charge in [0.2, 0.25) is 0 Å². The lowest BCUT2D eigenvalue weighted by atomic mass is 10.0. The van der Waals surface area contributed by atoms with Crippen LogP contribution in [-0.2, 0) is 28.4 Å². The van der Waals surface area contributed by atoms with Gasteiger partial charge in [0, 0.05) is 6.61 Å². The molecule has 39 heavy (non-hydrogen) atoms. The third kappa shape index (κ3) is 20.7. The van der Waals surface area contributed by atoms with Crippen LogP contribution >= 0.6 is 0 Å². The zero-order valence-electron chi connectivity index (χ0n) is 27.7. The number of hydrogen-bond donors (Lipinski definition) is 0. The molecular formula is C33H64O6. The fraction of sp³-hybridized carbons (Fsp3) is 0.879. The minimum absolute atomic E-state index is 0.207. The molecule has 0 aliphatic rings. The molecule has 0 saturated carbocycles. The third-order valence-corrected chi connectivity index (χ3v) is 6.63. The average molecular weight is 557 g/mol. The highest BCUT2D eigenvalue weighted by atomic mass is 16.6. The molecular weight excluding hydrogens is 492 g/mol. The van der Waals surface area contributed by atoms with Gasteiger partial charge in [0.05, 0.1) is 60.5 Å². The van der Waals surface area contributed by atoms with E-state index in [2.05, 4.69) is 82.4 Å². The molecule has 0 radical (unpaired) electrons. The van der Waals surface area contributed by atoms with Gasteiger partial charge in [-0.15, -0.1) is 13.2 Å². The maximum Gasteiger partial charge on any atom is 0.105 e. The predicted octanol–water partition coefficient (Wildman–Crippen LogP) is 8.08. The Morgan fingerprint density at radius 2 is 0.923 bits per heavy atom. The van der Waals surface area contributed by atoms with E-state index in [9.17, 15) is 0 Å². The first-order valence-electron chi connectivity index (χ1n) is 14.8. The van der Waals surface area contributed by atoms with E-state index in [0.29, 0.717) is 33.0 Å². The summed E-state index contributed by atoms with van der Waals surface area (Å²) in [6.45, 7) is 35.4. The minimum atomic E-state index is -0.408.